The van der Waals surface area contributed by atoms with Crippen LogP contribution in [0.3, 0.4) is 0 Å². The number of thiazole rings is 1. The molecule has 0 aliphatic rings. The van der Waals surface area contributed by atoms with Gasteiger partial charge < -0.3 is 9.67 Å². The number of hydrogen-bond donors (Lipinski definition) is 1. The van der Waals surface area contributed by atoms with Crippen LogP contribution >= 0.6 is 11.3 Å². The third-order valence-corrected chi connectivity index (χ3v) is 9.65. The summed E-state index contributed by atoms with van der Waals surface area (Å²) in [4.78, 5) is 22.4. The molecule has 0 saturated heterocycles. The second-order valence-corrected chi connectivity index (χ2v) is 12.6. The van der Waals surface area contributed by atoms with Crippen molar-refractivity contribution in [2.75, 3.05) is 0 Å². The van der Waals surface area contributed by atoms with E-state index in [-0.39, 0.29) is 49.3 Å². The second kappa shape index (κ2) is 18.0. The van der Waals surface area contributed by atoms with E-state index in [1.54, 1.807) is 23.5 Å². The van der Waals surface area contributed by atoms with Crippen LogP contribution in [0.4, 0.5) is 4.39 Å². The smallest absolute Gasteiger partial charge is 0.180 e. The molecule has 6 rings (SSSR count). The molecule has 1 radical (unpaired) electrons. The van der Waals surface area contributed by atoms with Gasteiger partial charge in [0, 0.05) is 54.8 Å². The van der Waals surface area contributed by atoms with Crippen molar-refractivity contribution in [1.82, 2.24) is 14.5 Å². The number of fused-ring (bicyclic) bond motifs is 1. The Morgan fingerprint density at radius 3 is 2.08 bits per heavy atom. The van der Waals surface area contributed by atoms with Crippen LogP contribution in [-0.4, -0.2) is 25.4 Å². The van der Waals surface area contributed by atoms with E-state index in [4.69, 9.17) is 9.97 Å². The summed E-state index contributed by atoms with van der Waals surface area (Å²) in [7, 11) is 0. The molecule has 0 aliphatic carbocycles. The quantitative estimate of drug-likeness (QED) is 0.0801. The molecule has 49 heavy (non-hydrogen) atoms. The minimum absolute atomic E-state index is 0. The summed E-state index contributed by atoms with van der Waals surface area (Å²) < 4.78 is 15.8. The fraction of sp³-hybridized carbons (Fsp3) is 0.244. The first-order valence-electron chi connectivity index (χ1n) is 16.6. The van der Waals surface area contributed by atoms with Crippen molar-refractivity contribution in [2.24, 2.45) is 11.8 Å². The number of para-hydroxylation sites is 1. The predicted octanol–water partition coefficient (Wildman–Crippen LogP) is 11.3. The van der Waals surface area contributed by atoms with Gasteiger partial charge in [-0.1, -0.05) is 99.7 Å². The average molecular weight is 851 g/mol. The average Bonchev–Trinajstić information content (AvgIpc) is 3.70. The van der Waals surface area contributed by atoms with Gasteiger partial charge in [0.1, 0.15) is 15.7 Å². The van der Waals surface area contributed by atoms with Gasteiger partial charge in [-0.15, -0.1) is 35.9 Å². The Kier molecular flexibility index (Phi) is 13.8. The molecule has 8 heteroatoms. The Balaban J connectivity index is 0.000000290. The number of nitrogens with zero attached hydrogens (tertiary/aromatic N) is 3. The fourth-order valence-electron chi connectivity index (χ4n) is 5.73. The van der Waals surface area contributed by atoms with E-state index in [9.17, 15) is 14.3 Å². The Bertz CT molecular complexity index is 1960. The number of ketones is 1. The largest absolute Gasteiger partial charge is 0.512 e. The van der Waals surface area contributed by atoms with Crippen LogP contribution < -0.4 is 0 Å². The number of aliphatic hydroxyl groups excluding tert-OH is 1. The van der Waals surface area contributed by atoms with Gasteiger partial charge >= 0.3 is 0 Å². The molecule has 0 bridgehead atoms. The van der Waals surface area contributed by atoms with E-state index in [1.807, 2.05) is 88.4 Å². The number of benzene rings is 4. The first-order chi connectivity index (χ1) is 23.4. The van der Waals surface area contributed by atoms with E-state index in [0.717, 1.165) is 69.3 Å². The third kappa shape index (κ3) is 8.87. The Morgan fingerprint density at radius 1 is 0.816 bits per heavy atom. The summed E-state index contributed by atoms with van der Waals surface area (Å²) >= 11 is 1.61. The molecular formula is C41H41FIrN3O2S-. The molecule has 2 heterocycles. The zero-order chi connectivity index (χ0) is 34.0. The van der Waals surface area contributed by atoms with Crippen molar-refractivity contribution in [3.05, 3.63) is 127 Å². The summed E-state index contributed by atoms with van der Waals surface area (Å²) in [5, 5.41) is 10.7. The molecule has 0 fully saturated rings. The number of hydrogen-bond acceptors (Lipinski definition) is 5. The summed E-state index contributed by atoms with van der Waals surface area (Å²) in [6.07, 6.45) is 4.91. The Morgan fingerprint density at radius 2 is 1.45 bits per heavy atom. The molecule has 4 aromatic carbocycles. The van der Waals surface area contributed by atoms with Crippen molar-refractivity contribution in [1.29, 1.82) is 0 Å². The Labute approximate surface area is 306 Å². The first kappa shape index (κ1) is 37.6. The molecule has 0 aliphatic heterocycles. The summed E-state index contributed by atoms with van der Waals surface area (Å²) in [5.74, 6) is 1.07. The minimum Gasteiger partial charge on any atom is -0.512 e. The minimum atomic E-state index is -0.254. The van der Waals surface area contributed by atoms with Gasteiger partial charge in [-0.3, -0.25) is 9.78 Å². The molecule has 0 atom stereocenters. The molecule has 0 amide bonds. The normalized spacial score (nSPS) is 11.4. The van der Waals surface area contributed by atoms with Crippen LogP contribution in [0.2, 0.25) is 0 Å². The first-order valence-corrected chi connectivity index (χ1v) is 17.4. The van der Waals surface area contributed by atoms with E-state index < -0.39 is 0 Å². The van der Waals surface area contributed by atoms with E-state index in [1.165, 1.54) is 18.2 Å². The molecule has 0 unspecified atom stereocenters. The van der Waals surface area contributed by atoms with Gasteiger partial charge in [0.15, 0.2) is 11.4 Å². The maximum atomic E-state index is 13.6. The van der Waals surface area contributed by atoms with Crippen LogP contribution in [0, 0.1) is 23.7 Å². The monoisotopic (exact) mass is 851 g/mol. The molecule has 255 valence electrons. The molecule has 2 aromatic heterocycles. The van der Waals surface area contributed by atoms with E-state index >= 15 is 0 Å². The van der Waals surface area contributed by atoms with Crippen molar-refractivity contribution in [3.63, 3.8) is 0 Å². The molecule has 0 spiro atoms. The van der Waals surface area contributed by atoms with Gasteiger partial charge in [0.2, 0.25) is 0 Å². The van der Waals surface area contributed by atoms with Gasteiger partial charge in [0.05, 0.1) is 11.6 Å². The van der Waals surface area contributed by atoms with Crippen molar-refractivity contribution >= 4 is 27.6 Å². The number of carbonyl (C=O) groups excluding carboxylic acids is 1. The van der Waals surface area contributed by atoms with Gasteiger partial charge in [-0.2, -0.15) is 0 Å². The number of halogens is 1. The number of allylic oxidation sites excluding steroid dienone is 2. The molecular weight excluding hydrogens is 810 g/mol. The number of carbonyl (C=O) groups is 1. The topological polar surface area (TPSA) is 68.0 Å². The number of aromatic nitrogens is 3. The molecule has 6 aromatic rings. The summed E-state index contributed by atoms with van der Waals surface area (Å²) in [6, 6.07) is 35.9. The maximum absolute atomic E-state index is 13.6. The number of rotatable bonds is 11. The van der Waals surface area contributed by atoms with Crippen LogP contribution in [0.5, 0.6) is 0 Å². The van der Waals surface area contributed by atoms with Crippen molar-refractivity contribution in [3.8, 4) is 38.8 Å². The van der Waals surface area contributed by atoms with Crippen LogP contribution in [-0.2, 0) is 24.9 Å². The standard InChI is InChI=1S/C28H17FN3S.C13H24O2.Ir/c29-22-17-15-19(16-18-22)23-13-7-8-14-24(23)32-26(20-9-3-1-4-10-20)30-25-28(32)33-27(31-25)21-11-5-2-6-12-21;1-5-10(6-2)12(14)9-13(15)11(7-3)8-4;/h1-9,11-18H;9-11,14H,5-8H2,1-4H3;/q-1;;/b;12-9-;. The SMILES string of the molecule is CCC(CC)C(=O)/C=C(\O)C(CC)CC.Fc1ccc(-c2ccccc2-n2c(-c3[c-]cccc3)nc3nc(-c4ccccc4)sc32)cc1.[Ir]. The summed E-state index contributed by atoms with van der Waals surface area (Å²) in [5.41, 5.74) is 5.53. The zero-order valence-corrected chi connectivity index (χ0v) is 31.4. The maximum Gasteiger partial charge on any atom is 0.180 e. The number of aliphatic hydroxyl groups is 1. The van der Waals surface area contributed by atoms with Crippen molar-refractivity contribution < 1.29 is 34.4 Å². The van der Waals surface area contributed by atoms with Gasteiger partial charge in [-0.25, -0.2) is 9.37 Å². The van der Waals surface area contributed by atoms with Crippen LogP contribution in [0.15, 0.2) is 115 Å². The fourth-order valence-corrected chi connectivity index (χ4v) is 6.76. The zero-order valence-electron chi connectivity index (χ0n) is 28.2. The van der Waals surface area contributed by atoms with Crippen LogP contribution in [0.25, 0.3) is 49.3 Å². The molecule has 5 nitrogen and oxygen atoms in total. The third-order valence-electron chi connectivity index (χ3n) is 8.57. The molecule has 0 saturated carbocycles. The predicted molar refractivity (Wildman–Crippen MR) is 196 cm³/mol. The van der Waals surface area contributed by atoms with E-state index in [0.29, 0.717) is 5.65 Å². The van der Waals surface area contributed by atoms with Crippen molar-refractivity contribution in [2.45, 2.75) is 53.4 Å². The van der Waals surface area contributed by atoms with E-state index in [2.05, 4.69) is 28.8 Å². The molecule has 1 N–H and O–H groups in total. The summed E-state index contributed by atoms with van der Waals surface area (Å²) in [6.45, 7) is 8.07. The van der Waals surface area contributed by atoms with Gasteiger partial charge in [-0.05, 0) is 49.4 Å². The van der Waals surface area contributed by atoms with Gasteiger partial charge in [0.25, 0.3) is 0 Å². The Hall–Kier alpha value is -4.23. The second-order valence-electron chi connectivity index (χ2n) is 11.6. The van der Waals surface area contributed by atoms with Crippen LogP contribution in [0.1, 0.15) is 53.4 Å². The number of imidazole rings is 1.